The summed E-state index contributed by atoms with van der Waals surface area (Å²) >= 11 is 0. The molecule has 0 spiro atoms. The molecule has 0 atom stereocenters. The van der Waals surface area contributed by atoms with Gasteiger partial charge in [-0.1, -0.05) is 42.5 Å². The van der Waals surface area contributed by atoms with Crippen molar-refractivity contribution in [1.82, 2.24) is 25.4 Å². The number of ether oxygens (including phenoxy) is 1. The molecule has 0 aliphatic rings. The van der Waals surface area contributed by atoms with Crippen LogP contribution >= 0.6 is 0 Å². The van der Waals surface area contributed by atoms with E-state index < -0.39 is 0 Å². The van der Waals surface area contributed by atoms with Gasteiger partial charge in [0.1, 0.15) is 24.5 Å². The number of aryl methyl sites for hydroxylation is 1. The fourth-order valence-corrected chi connectivity index (χ4v) is 2.66. The summed E-state index contributed by atoms with van der Waals surface area (Å²) in [5.74, 6) is 2.47. The Morgan fingerprint density at radius 1 is 1.07 bits per heavy atom. The maximum atomic E-state index is 5.83. The van der Waals surface area contributed by atoms with Gasteiger partial charge in [0.15, 0.2) is 5.96 Å². The zero-order valence-corrected chi connectivity index (χ0v) is 16.3. The van der Waals surface area contributed by atoms with E-state index in [1.165, 1.54) is 0 Å². The number of para-hydroxylation sites is 1. The van der Waals surface area contributed by atoms with Gasteiger partial charge in [-0.15, -0.1) is 0 Å². The van der Waals surface area contributed by atoms with Gasteiger partial charge in [0.05, 0.1) is 13.1 Å². The van der Waals surface area contributed by atoms with E-state index in [4.69, 9.17) is 4.74 Å². The van der Waals surface area contributed by atoms with Crippen LogP contribution < -0.4 is 15.4 Å². The molecule has 146 valence electrons. The number of nitrogens with one attached hydrogen (secondary N) is 2. The molecule has 1 aromatic heterocycles. The molecule has 0 fully saturated rings. The van der Waals surface area contributed by atoms with Crippen molar-refractivity contribution in [3.63, 3.8) is 0 Å². The first-order valence-corrected chi connectivity index (χ1v) is 9.35. The van der Waals surface area contributed by atoms with E-state index in [0.717, 1.165) is 35.2 Å². The van der Waals surface area contributed by atoms with E-state index in [1.807, 2.05) is 50.4 Å². The van der Waals surface area contributed by atoms with Crippen LogP contribution in [0.25, 0.3) is 0 Å². The van der Waals surface area contributed by atoms with Crippen LogP contribution in [-0.4, -0.2) is 27.3 Å². The first kappa shape index (κ1) is 19.4. The van der Waals surface area contributed by atoms with E-state index in [0.29, 0.717) is 19.7 Å². The number of benzene rings is 2. The largest absolute Gasteiger partial charge is 0.489 e. The van der Waals surface area contributed by atoms with Crippen LogP contribution in [-0.2, 0) is 26.7 Å². The van der Waals surface area contributed by atoms with Gasteiger partial charge in [-0.25, -0.2) is 9.98 Å². The maximum absolute atomic E-state index is 5.83. The molecule has 7 heteroatoms. The van der Waals surface area contributed by atoms with Gasteiger partial charge in [0.2, 0.25) is 0 Å². The summed E-state index contributed by atoms with van der Waals surface area (Å²) in [7, 11) is 1.87. The summed E-state index contributed by atoms with van der Waals surface area (Å²) in [5, 5.41) is 10.6. The van der Waals surface area contributed by atoms with Gasteiger partial charge in [-0.2, -0.15) is 5.10 Å². The van der Waals surface area contributed by atoms with Crippen LogP contribution in [0.1, 0.15) is 23.9 Å². The van der Waals surface area contributed by atoms with Gasteiger partial charge < -0.3 is 15.4 Å². The predicted molar refractivity (Wildman–Crippen MR) is 110 cm³/mol. The Bertz CT molecular complexity index is 891. The Hall–Kier alpha value is -3.35. The molecule has 0 aliphatic carbocycles. The summed E-state index contributed by atoms with van der Waals surface area (Å²) in [6.07, 6.45) is 1.55. The highest BCUT2D eigenvalue weighted by molar-refractivity contribution is 5.79. The molecule has 0 aliphatic heterocycles. The zero-order valence-electron chi connectivity index (χ0n) is 16.3. The number of nitrogens with zero attached hydrogens (tertiary/aromatic N) is 4. The fourth-order valence-electron chi connectivity index (χ4n) is 2.66. The van der Waals surface area contributed by atoms with Crippen LogP contribution in [0.4, 0.5) is 0 Å². The third-order valence-electron chi connectivity index (χ3n) is 4.12. The van der Waals surface area contributed by atoms with E-state index in [1.54, 1.807) is 11.0 Å². The lowest BCUT2D eigenvalue weighted by Gasteiger charge is -2.11. The predicted octanol–water partition coefficient (Wildman–Crippen LogP) is 2.65. The minimum absolute atomic E-state index is 0.534. The number of hydrogen-bond acceptors (Lipinski definition) is 4. The van der Waals surface area contributed by atoms with Crippen molar-refractivity contribution in [2.75, 3.05) is 6.54 Å². The lowest BCUT2D eigenvalue weighted by atomic mass is 10.1. The minimum Gasteiger partial charge on any atom is -0.489 e. The molecule has 0 amide bonds. The average molecular weight is 378 g/mol. The Balaban J connectivity index is 1.58. The Morgan fingerprint density at radius 2 is 1.89 bits per heavy atom. The molecule has 28 heavy (non-hydrogen) atoms. The Morgan fingerprint density at radius 3 is 2.64 bits per heavy atom. The molecule has 0 saturated carbocycles. The number of aromatic nitrogens is 3. The number of aliphatic imine (C=N–C) groups is 1. The van der Waals surface area contributed by atoms with Gasteiger partial charge in [-0.05, 0) is 30.2 Å². The SMILES string of the molecule is CCNC(=NCc1cccc(COc2ccccc2)c1)NCc1ncnn1C. The Labute approximate surface area is 165 Å². The monoisotopic (exact) mass is 378 g/mol. The molecule has 0 radical (unpaired) electrons. The molecular formula is C21H26N6O. The minimum atomic E-state index is 0.534. The summed E-state index contributed by atoms with van der Waals surface area (Å²) in [6, 6.07) is 18.1. The van der Waals surface area contributed by atoms with Crippen LogP contribution in [0.2, 0.25) is 0 Å². The van der Waals surface area contributed by atoms with Gasteiger partial charge in [0, 0.05) is 13.6 Å². The van der Waals surface area contributed by atoms with E-state index >= 15 is 0 Å². The number of hydrogen-bond donors (Lipinski definition) is 2. The van der Waals surface area contributed by atoms with Crippen molar-refractivity contribution in [2.24, 2.45) is 12.0 Å². The van der Waals surface area contributed by atoms with E-state index in [-0.39, 0.29) is 0 Å². The topological polar surface area (TPSA) is 76.4 Å². The van der Waals surface area contributed by atoms with Crippen molar-refractivity contribution in [3.8, 4) is 5.75 Å². The van der Waals surface area contributed by atoms with Crippen molar-refractivity contribution in [3.05, 3.63) is 77.9 Å². The third-order valence-corrected chi connectivity index (χ3v) is 4.12. The summed E-state index contributed by atoms with van der Waals surface area (Å²) < 4.78 is 7.57. The number of rotatable bonds is 8. The van der Waals surface area contributed by atoms with Gasteiger partial charge >= 0.3 is 0 Å². The average Bonchev–Trinajstić information content (AvgIpc) is 3.14. The lowest BCUT2D eigenvalue weighted by Crippen LogP contribution is -2.37. The lowest BCUT2D eigenvalue weighted by molar-refractivity contribution is 0.306. The second-order valence-corrected chi connectivity index (χ2v) is 6.27. The normalized spacial score (nSPS) is 11.3. The van der Waals surface area contributed by atoms with Crippen molar-refractivity contribution in [1.29, 1.82) is 0 Å². The van der Waals surface area contributed by atoms with Crippen LogP contribution in [0.15, 0.2) is 65.9 Å². The van der Waals surface area contributed by atoms with E-state index in [9.17, 15) is 0 Å². The molecule has 3 rings (SSSR count). The molecule has 2 aromatic carbocycles. The molecule has 3 aromatic rings. The molecule has 1 heterocycles. The van der Waals surface area contributed by atoms with Gasteiger partial charge in [-0.3, -0.25) is 4.68 Å². The van der Waals surface area contributed by atoms with Crippen LogP contribution in [0.3, 0.4) is 0 Å². The second-order valence-electron chi connectivity index (χ2n) is 6.27. The first-order valence-electron chi connectivity index (χ1n) is 9.35. The smallest absolute Gasteiger partial charge is 0.191 e. The second kappa shape index (κ2) is 10.1. The van der Waals surface area contributed by atoms with Crippen LogP contribution in [0.5, 0.6) is 5.75 Å². The highest BCUT2D eigenvalue weighted by Gasteiger charge is 2.03. The standard InChI is InChI=1S/C21H26N6O/c1-3-22-21(24-14-20-25-16-26-27(20)2)23-13-17-8-7-9-18(12-17)15-28-19-10-5-4-6-11-19/h4-12,16H,3,13-15H2,1-2H3,(H2,22,23,24). The summed E-state index contributed by atoms with van der Waals surface area (Å²) in [5.41, 5.74) is 2.25. The number of guanidine groups is 1. The molecule has 2 N–H and O–H groups in total. The highest BCUT2D eigenvalue weighted by Crippen LogP contribution is 2.13. The van der Waals surface area contributed by atoms with Gasteiger partial charge in [0.25, 0.3) is 0 Å². The molecule has 7 nitrogen and oxygen atoms in total. The Kier molecular flexibility index (Phi) is 7.01. The summed E-state index contributed by atoms with van der Waals surface area (Å²) in [4.78, 5) is 8.88. The summed E-state index contributed by atoms with van der Waals surface area (Å²) in [6.45, 7) is 4.50. The fraction of sp³-hybridized carbons (Fsp3) is 0.286. The van der Waals surface area contributed by atoms with Crippen molar-refractivity contribution < 1.29 is 4.74 Å². The maximum Gasteiger partial charge on any atom is 0.191 e. The van der Waals surface area contributed by atoms with Crippen molar-refractivity contribution in [2.45, 2.75) is 26.6 Å². The zero-order chi connectivity index (χ0) is 19.6. The molecule has 0 unspecified atom stereocenters. The van der Waals surface area contributed by atoms with Crippen molar-refractivity contribution >= 4 is 5.96 Å². The van der Waals surface area contributed by atoms with Crippen LogP contribution in [0, 0.1) is 0 Å². The molecule has 0 bridgehead atoms. The van der Waals surface area contributed by atoms with E-state index in [2.05, 4.69) is 43.9 Å². The third kappa shape index (κ3) is 5.84. The molecule has 0 saturated heterocycles. The first-order chi connectivity index (χ1) is 13.7. The molecular weight excluding hydrogens is 352 g/mol. The highest BCUT2D eigenvalue weighted by atomic mass is 16.5. The quantitative estimate of drug-likeness (QED) is 0.466.